The van der Waals surface area contributed by atoms with Crippen LogP contribution in [0, 0.1) is 0 Å². The zero-order valence-electron chi connectivity index (χ0n) is 26.9. The number of aromatic nitrogens is 4. The summed E-state index contributed by atoms with van der Waals surface area (Å²) in [7, 11) is 0. The fraction of sp³-hybridized carbons (Fsp3) is 0. The molecule has 3 aromatic heterocycles. The molecule has 0 atom stereocenters. The Kier molecular flexibility index (Phi) is 6.64. The second-order valence-electron chi connectivity index (χ2n) is 12.5. The van der Waals surface area contributed by atoms with Crippen LogP contribution in [0.25, 0.3) is 93.0 Å². The Labute approximate surface area is 292 Å². The van der Waals surface area contributed by atoms with Crippen molar-refractivity contribution in [1.29, 1.82) is 0 Å². The van der Waals surface area contributed by atoms with E-state index in [4.69, 9.17) is 15.0 Å². The number of hydrogen-bond acceptors (Lipinski definition) is 4. The van der Waals surface area contributed by atoms with Crippen LogP contribution < -0.4 is 0 Å². The highest BCUT2D eigenvalue weighted by atomic mass is 32.1. The summed E-state index contributed by atoms with van der Waals surface area (Å²) in [6.45, 7) is 0. The van der Waals surface area contributed by atoms with Gasteiger partial charge in [-0.1, -0.05) is 115 Å². The molecule has 0 bridgehead atoms. The van der Waals surface area contributed by atoms with E-state index in [1.807, 2.05) is 41.7 Å². The molecule has 10 rings (SSSR count). The average Bonchev–Trinajstić information content (AvgIpc) is 3.74. The summed E-state index contributed by atoms with van der Waals surface area (Å²) in [5.41, 5.74) is 8.63. The average molecular weight is 657 g/mol. The summed E-state index contributed by atoms with van der Waals surface area (Å²) in [6.07, 6.45) is 0. The van der Waals surface area contributed by atoms with E-state index in [2.05, 4.69) is 144 Å². The van der Waals surface area contributed by atoms with Crippen molar-refractivity contribution in [2.45, 2.75) is 0 Å². The van der Waals surface area contributed by atoms with E-state index in [-0.39, 0.29) is 0 Å². The number of fused-ring (bicyclic) bond motifs is 6. The second kappa shape index (κ2) is 11.6. The molecule has 0 spiro atoms. The van der Waals surface area contributed by atoms with Gasteiger partial charge in [-0.2, -0.15) is 0 Å². The van der Waals surface area contributed by atoms with Crippen LogP contribution in [0.1, 0.15) is 0 Å². The van der Waals surface area contributed by atoms with Crippen LogP contribution in [0.2, 0.25) is 0 Å². The molecule has 4 nitrogen and oxygen atoms in total. The molecule has 0 saturated heterocycles. The van der Waals surface area contributed by atoms with Crippen molar-refractivity contribution in [2.24, 2.45) is 0 Å². The van der Waals surface area contributed by atoms with Gasteiger partial charge in [-0.3, -0.25) is 0 Å². The third-order valence-corrected chi connectivity index (χ3v) is 10.6. The van der Waals surface area contributed by atoms with E-state index in [1.54, 1.807) is 0 Å². The lowest BCUT2D eigenvalue weighted by Crippen LogP contribution is -2.00. The van der Waals surface area contributed by atoms with Crippen molar-refractivity contribution in [3.8, 4) is 51.0 Å². The van der Waals surface area contributed by atoms with E-state index < -0.39 is 0 Å². The lowest BCUT2D eigenvalue weighted by molar-refractivity contribution is 1.07. The minimum Gasteiger partial charge on any atom is -0.309 e. The first-order valence-electron chi connectivity index (χ1n) is 16.7. The highest BCUT2D eigenvalue weighted by Gasteiger charge is 2.15. The van der Waals surface area contributed by atoms with Crippen LogP contribution >= 0.6 is 11.3 Å². The van der Waals surface area contributed by atoms with Gasteiger partial charge in [-0.15, -0.1) is 11.3 Å². The van der Waals surface area contributed by atoms with Crippen LogP contribution in [0.5, 0.6) is 0 Å². The third-order valence-electron chi connectivity index (χ3n) is 9.48. The van der Waals surface area contributed by atoms with Crippen molar-refractivity contribution in [3.05, 3.63) is 170 Å². The summed E-state index contributed by atoms with van der Waals surface area (Å²) < 4.78 is 4.94. The van der Waals surface area contributed by atoms with Gasteiger partial charge in [-0.25, -0.2) is 15.0 Å². The molecule has 0 aliphatic heterocycles. The van der Waals surface area contributed by atoms with Gasteiger partial charge < -0.3 is 4.57 Å². The first-order chi connectivity index (χ1) is 24.8. The molecule has 0 aliphatic carbocycles. The number of nitrogens with zero attached hydrogens (tertiary/aromatic N) is 4. The summed E-state index contributed by atoms with van der Waals surface area (Å²) in [5.74, 6) is 1.93. The van der Waals surface area contributed by atoms with Crippen LogP contribution in [0.4, 0.5) is 0 Å². The number of rotatable bonds is 5. The SMILES string of the molecule is c1ccc(-c2nc(-c3ccc(-c4ccc5sc6ccccc6c5c4)cc3)nc(-c3ccc(-n4c5ccccc5c5ccccc54)cc3)n2)cc1. The van der Waals surface area contributed by atoms with Gasteiger partial charge in [0.05, 0.1) is 11.0 Å². The molecule has 0 aliphatic rings. The first kappa shape index (κ1) is 28.6. The quantitative estimate of drug-likeness (QED) is 0.185. The first-order valence-corrected chi connectivity index (χ1v) is 17.5. The molecule has 0 fully saturated rings. The van der Waals surface area contributed by atoms with Gasteiger partial charge in [0.2, 0.25) is 0 Å². The number of benzene rings is 7. The molecule has 234 valence electrons. The standard InChI is InChI=1S/C45H28N4S/c1-2-10-30(11-3-1)43-46-44(31-20-18-29(19-21-31)33-24-27-42-38(28-33)37-14-6-9-17-41(37)50-42)48-45(47-43)32-22-25-34(26-23-32)49-39-15-7-4-12-35(39)36-13-5-8-16-40(36)49/h1-28H. The Morgan fingerprint density at radius 2 is 0.800 bits per heavy atom. The molecule has 0 radical (unpaired) electrons. The molecule has 10 aromatic rings. The van der Waals surface area contributed by atoms with Gasteiger partial charge in [-0.05, 0) is 65.7 Å². The normalized spacial score (nSPS) is 11.6. The van der Waals surface area contributed by atoms with Gasteiger partial charge in [0.15, 0.2) is 17.5 Å². The molecule has 50 heavy (non-hydrogen) atoms. The van der Waals surface area contributed by atoms with Gasteiger partial charge in [0, 0.05) is 53.3 Å². The fourth-order valence-corrected chi connectivity index (χ4v) is 8.11. The highest BCUT2D eigenvalue weighted by molar-refractivity contribution is 7.25. The van der Waals surface area contributed by atoms with E-state index in [1.165, 1.54) is 47.5 Å². The van der Waals surface area contributed by atoms with Crippen molar-refractivity contribution in [1.82, 2.24) is 19.5 Å². The maximum Gasteiger partial charge on any atom is 0.164 e. The third kappa shape index (κ3) is 4.79. The lowest BCUT2D eigenvalue weighted by Gasteiger charge is -2.11. The molecule has 3 heterocycles. The predicted molar refractivity (Wildman–Crippen MR) is 209 cm³/mol. The maximum absolute atomic E-state index is 5.03. The van der Waals surface area contributed by atoms with Gasteiger partial charge in [0.1, 0.15) is 0 Å². The smallest absolute Gasteiger partial charge is 0.164 e. The van der Waals surface area contributed by atoms with E-state index in [9.17, 15) is 0 Å². The minimum absolute atomic E-state index is 0.640. The molecule has 7 aromatic carbocycles. The Morgan fingerprint density at radius 1 is 0.340 bits per heavy atom. The van der Waals surface area contributed by atoms with Gasteiger partial charge in [0.25, 0.3) is 0 Å². The molecule has 5 heteroatoms. The Morgan fingerprint density at radius 3 is 1.44 bits per heavy atom. The highest BCUT2D eigenvalue weighted by Crippen LogP contribution is 2.37. The Bertz CT molecular complexity index is 2800. The molecular formula is C45H28N4S. The van der Waals surface area contributed by atoms with Crippen molar-refractivity contribution in [2.75, 3.05) is 0 Å². The molecule has 0 unspecified atom stereocenters. The number of para-hydroxylation sites is 2. The van der Waals surface area contributed by atoms with Crippen LogP contribution in [0.3, 0.4) is 0 Å². The minimum atomic E-state index is 0.640. The maximum atomic E-state index is 5.03. The summed E-state index contributed by atoms with van der Waals surface area (Å²) in [4.78, 5) is 15.0. The van der Waals surface area contributed by atoms with Crippen molar-refractivity contribution in [3.63, 3.8) is 0 Å². The number of hydrogen-bond donors (Lipinski definition) is 0. The second-order valence-corrected chi connectivity index (χ2v) is 13.6. The molecular weight excluding hydrogens is 629 g/mol. The van der Waals surface area contributed by atoms with Crippen LogP contribution in [-0.2, 0) is 0 Å². The van der Waals surface area contributed by atoms with Gasteiger partial charge >= 0.3 is 0 Å². The van der Waals surface area contributed by atoms with Crippen molar-refractivity contribution < 1.29 is 0 Å². The zero-order valence-corrected chi connectivity index (χ0v) is 27.7. The Hall–Kier alpha value is -6.43. The summed E-state index contributed by atoms with van der Waals surface area (Å²) in [5, 5.41) is 5.09. The Balaban J connectivity index is 1.04. The summed E-state index contributed by atoms with van der Waals surface area (Å²) in [6, 6.07) is 59.7. The van der Waals surface area contributed by atoms with Crippen molar-refractivity contribution >= 4 is 53.3 Å². The van der Waals surface area contributed by atoms with E-state index in [0.29, 0.717) is 17.5 Å². The topological polar surface area (TPSA) is 43.6 Å². The molecule has 0 N–H and O–H groups in total. The van der Waals surface area contributed by atoms with Crippen LogP contribution in [0.15, 0.2) is 170 Å². The predicted octanol–water partition coefficient (Wildman–Crippen LogP) is 12.0. The van der Waals surface area contributed by atoms with E-state index in [0.717, 1.165) is 27.9 Å². The molecule has 0 amide bonds. The van der Waals surface area contributed by atoms with E-state index >= 15 is 0 Å². The lowest BCUT2D eigenvalue weighted by atomic mass is 10.0. The summed E-state index contributed by atoms with van der Waals surface area (Å²) >= 11 is 1.84. The monoisotopic (exact) mass is 656 g/mol. The zero-order chi connectivity index (χ0) is 33.0. The fourth-order valence-electron chi connectivity index (χ4n) is 7.03. The number of thiophene rings is 1. The largest absolute Gasteiger partial charge is 0.309 e. The molecule has 0 saturated carbocycles. The van der Waals surface area contributed by atoms with Crippen LogP contribution in [-0.4, -0.2) is 19.5 Å².